The van der Waals surface area contributed by atoms with Gasteiger partial charge in [-0.1, -0.05) is 152 Å². The van der Waals surface area contributed by atoms with E-state index in [1.165, 1.54) is 110 Å². The van der Waals surface area contributed by atoms with Crippen LogP contribution in [0, 0.1) is 10.8 Å². The molecule has 4 aliphatic carbocycles. The molecule has 0 radical (unpaired) electrons. The molecular formula is C68H86N4. The molecule has 0 atom stereocenters. The number of fused-ring (bicyclic) bond motifs is 20. The van der Waals surface area contributed by atoms with E-state index in [2.05, 4.69) is 186 Å². The summed E-state index contributed by atoms with van der Waals surface area (Å²) in [5.41, 5.74) is 23.3. The van der Waals surface area contributed by atoms with Gasteiger partial charge in [-0.15, -0.1) is 0 Å². The lowest BCUT2D eigenvalue weighted by Crippen LogP contribution is -2.35. The summed E-state index contributed by atoms with van der Waals surface area (Å²) in [5.74, 6) is 0. The Bertz CT molecular complexity index is 3660. The molecule has 0 amide bonds. The average molecular weight is 959 g/mol. The van der Waals surface area contributed by atoms with Crippen molar-refractivity contribution in [2.45, 2.75) is 247 Å². The van der Waals surface area contributed by atoms with Gasteiger partial charge in [-0.3, -0.25) is 9.97 Å². The van der Waals surface area contributed by atoms with E-state index in [0.29, 0.717) is 0 Å². The van der Waals surface area contributed by atoms with Gasteiger partial charge in [0.2, 0.25) is 0 Å². The fraction of sp³-hybridized carbons (Fsp3) is 0.588. The minimum atomic E-state index is -0.0125. The Morgan fingerprint density at radius 2 is 0.722 bits per heavy atom. The van der Waals surface area contributed by atoms with Crippen molar-refractivity contribution in [3.63, 3.8) is 0 Å². The molecule has 0 aliphatic heterocycles. The third-order valence-electron chi connectivity index (χ3n) is 20.2. The first-order valence-corrected chi connectivity index (χ1v) is 28.3. The van der Waals surface area contributed by atoms with Crippen molar-refractivity contribution in [2.75, 3.05) is 0 Å². The van der Waals surface area contributed by atoms with Crippen LogP contribution in [-0.4, -0.2) is 18.8 Å². The molecule has 4 nitrogen and oxygen atoms in total. The van der Waals surface area contributed by atoms with Gasteiger partial charge in [-0.25, -0.2) is 0 Å². The Hall–Kier alpha value is -4.44. The molecule has 6 aromatic heterocycles. The van der Waals surface area contributed by atoms with Crippen LogP contribution in [0.25, 0.3) is 76.2 Å². The lowest BCUT2D eigenvalue weighted by atomic mass is 9.64. The van der Waals surface area contributed by atoms with Crippen LogP contribution in [0.15, 0.2) is 24.5 Å². The molecular weight excluding hydrogens is 873 g/mol. The maximum Gasteiger partial charge on any atom is 0.0728 e. The van der Waals surface area contributed by atoms with Crippen molar-refractivity contribution in [2.24, 2.45) is 10.8 Å². The van der Waals surface area contributed by atoms with E-state index in [-0.39, 0.29) is 54.1 Å². The topological polar surface area (TPSA) is 34.6 Å². The summed E-state index contributed by atoms with van der Waals surface area (Å²) < 4.78 is 5.67. The maximum atomic E-state index is 5.70. The number of aromatic nitrogens is 4. The summed E-state index contributed by atoms with van der Waals surface area (Å²) in [5, 5.41) is 11.9. The Morgan fingerprint density at radius 3 is 1.06 bits per heavy atom. The summed E-state index contributed by atoms with van der Waals surface area (Å²) >= 11 is 0. The molecule has 4 heteroatoms. The fourth-order valence-electron chi connectivity index (χ4n) is 17.7. The predicted octanol–water partition coefficient (Wildman–Crippen LogP) is 18.6. The van der Waals surface area contributed by atoms with Gasteiger partial charge in [0.25, 0.3) is 0 Å². The van der Waals surface area contributed by atoms with E-state index in [1.54, 1.807) is 22.3 Å². The Labute approximate surface area is 431 Å². The zero-order chi connectivity index (χ0) is 51.9. The number of nitrogens with zero attached hydrogens (tertiary/aromatic N) is 4. The highest BCUT2D eigenvalue weighted by Gasteiger charge is 2.50. The van der Waals surface area contributed by atoms with Gasteiger partial charge in [-0.05, 0) is 151 Å². The van der Waals surface area contributed by atoms with Crippen LogP contribution in [-0.2, 0) is 56.2 Å². The number of rotatable bonds is 2. The summed E-state index contributed by atoms with van der Waals surface area (Å²) in [4.78, 5) is 11.4. The SMILES string of the molecule is CC(C)(C)Cc1c2c3cc4c(c5c6c7c(ncc6n(c2c(CC(C)(C)C)c2c6cc8c(c9c%10c%11c(ncc%10n(c12)c69)C(C)(C)CCC%11(C)C)C(C)(C)CC8(C)C)c35)C(C)(C)CCC7(C)C)C(C)(C)CC4(C)C. The predicted molar refractivity (Wildman–Crippen MR) is 310 cm³/mol. The maximum absolute atomic E-state index is 5.70. The highest BCUT2D eigenvalue weighted by molar-refractivity contribution is 6.33. The van der Waals surface area contributed by atoms with E-state index in [9.17, 15) is 0 Å². The van der Waals surface area contributed by atoms with Crippen molar-refractivity contribution in [3.05, 3.63) is 80.4 Å². The van der Waals surface area contributed by atoms with Crippen molar-refractivity contribution < 1.29 is 0 Å². The van der Waals surface area contributed by atoms with Gasteiger partial charge in [0.1, 0.15) is 0 Å². The van der Waals surface area contributed by atoms with Crippen LogP contribution in [0.1, 0.15) is 247 Å². The van der Waals surface area contributed by atoms with E-state index < -0.39 is 0 Å². The second-order valence-corrected chi connectivity index (χ2v) is 32.6. The van der Waals surface area contributed by atoms with Crippen molar-refractivity contribution in [3.8, 4) is 0 Å². The van der Waals surface area contributed by atoms with Gasteiger partial charge in [-0.2, -0.15) is 0 Å². The molecule has 0 saturated carbocycles. The van der Waals surface area contributed by atoms with Crippen LogP contribution in [0.4, 0.5) is 0 Å². The largest absolute Gasteiger partial charge is 0.306 e. The van der Waals surface area contributed by atoms with E-state index >= 15 is 0 Å². The van der Waals surface area contributed by atoms with Gasteiger partial charge in [0, 0.05) is 53.9 Å². The first kappa shape index (κ1) is 47.3. The second-order valence-electron chi connectivity index (χ2n) is 32.6. The second kappa shape index (κ2) is 13.1. The smallest absolute Gasteiger partial charge is 0.0728 e. The molecule has 6 heterocycles. The molecule has 0 N–H and O–H groups in total. The van der Waals surface area contributed by atoms with Gasteiger partial charge < -0.3 is 8.80 Å². The van der Waals surface area contributed by atoms with Gasteiger partial charge in [0.15, 0.2) is 0 Å². The molecule has 9 aromatic rings. The number of pyridine rings is 2. The molecule has 0 saturated heterocycles. The van der Waals surface area contributed by atoms with Crippen molar-refractivity contribution in [1.29, 1.82) is 0 Å². The van der Waals surface area contributed by atoms with Crippen LogP contribution in [0.3, 0.4) is 0 Å². The fourth-order valence-corrected chi connectivity index (χ4v) is 17.7. The molecule has 0 spiro atoms. The monoisotopic (exact) mass is 959 g/mol. The quantitative estimate of drug-likeness (QED) is 0.173. The molecule has 0 unspecified atom stereocenters. The summed E-state index contributed by atoms with van der Waals surface area (Å²) in [7, 11) is 0. The zero-order valence-electron chi connectivity index (χ0n) is 48.8. The van der Waals surface area contributed by atoms with Crippen molar-refractivity contribution >= 4 is 76.2 Å². The highest BCUT2D eigenvalue weighted by Crippen LogP contribution is 2.63. The standard InChI is InChI=1S/C68H86N4/c1-59(2,3)29-37-43-35-27-39-49(67(19,20)33-65(39,15)16)47-46-42(32-70-58-52(46)62(9,10)24-26-64(58,13)14)72(53(35)47)56(43)38(30-60(4,5)6)44-36-28-40-50(68(21,22)34-66(40,17)18)48-45-41(71(54(36)48)55(37)44)31-69-57-51(45)61(7,8)23-25-63(57,11)12/h27-28,31-32H,23-26,29-30,33-34H2,1-22H3. The molecule has 4 aliphatic rings. The zero-order valence-corrected chi connectivity index (χ0v) is 48.8. The van der Waals surface area contributed by atoms with Crippen molar-refractivity contribution in [1.82, 2.24) is 18.8 Å². The van der Waals surface area contributed by atoms with Gasteiger partial charge >= 0.3 is 0 Å². The molecule has 13 rings (SSSR count). The molecule has 0 fully saturated rings. The third-order valence-corrected chi connectivity index (χ3v) is 20.2. The van der Waals surface area contributed by atoms with Crippen LogP contribution >= 0.6 is 0 Å². The number of hydrogen-bond donors (Lipinski definition) is 0. The number of benzene rings is 3. The van der Waals surface area contributed by atoms with Crippen LogP contribution in [0.5, 0.6) is 0 Å². The lowest BCUT2D eigenvalue weighted by molar-refractivity contribution is 0.326. The molecule has 72 heavy (non-hydrogen) atoms. The average Bonchev–Trinajstić information content (AvgIpc) is 4.01. The summed E-state index contributed by atoms with van der Waals surface area (Å²) in [6.07, 6.45) is 13.5. The normalized spacial score (nSPS) is 22.4. The first-order valence-electron chi connectivity index (χ1n) is 28.3. The molecule has 378 valence electrons. The Balaban J connectivity index is 1.39. The van der Waals surface area contributed by atoms with E-state index in [0.717, 1.165) is 51.4 Å². The van der Waals surface area contributed by atoms with E-state index in [4.69, 9.17) is 9.97 Å². The third kappa shape index (κ3) is 5.77. The molecule has 0 bridgehead atoms. The van der Waals surface area contributed by atoms with Crippen LogP contribution < -0.4 is 0 Å². The van der Waals surface area contributed by atoms with E-state index in [1.807, 2.05) is 0 Å². The number of hydrogen-bond acceptors (Lipinski definition) is 2. The summed E-state index contributed by atoms with van der Waals surface area (Å²) in [6, 6.07) is 5.49. The van der Waals surface area contributed by atoms with Gasteiger partial charge in [0.05, 0.1) is 56.9 Å². The Morgan fingerprint density at radius 1 is 0.389 bits per heavy atom. The minimum absolute atomic E-state index is 0.000239. The Kier molecular flexibility index (Phi) is 8.63. The highest BCUT2D eigenvalue weighted by atomic mass is 15.0. The molecule has 3 aromatic carbocycles. The first-order chi connectivity index (χ1) is 32.9. The van der Waals surface area contributed by atoms with Crippen LogP contribution in [0.2, 0.25) is 0 Å². The lowest BCUT2D eigenvalue weighted by Gasteiger charge is -2.41. The minimum Gasteiger partial charge on any atom is -0.306 e. The summed E-state index contributed by atoms with van der Waals surface area (Å²) in [6.45, 7) is 55.2.